The minimum absolute atomic E-state index is 0.0386. The maximum Gasteiger partial charge on any atom is 0.335 e. The first-order valence-electron chi connectivity index (χ1n) is 4.83. The molecule has 2 aromatic rings. The van der Waals surface area contributed by atoms with E-state index in [4.69, 9.17) is 5.11 Å². The molecule has 0 amide bonds. The number of carboxylic acids is 1. The van der Waals surface area contributed by atoms with Gasteiger partial charge in [0.25, 0.3) is 5.56 Å². The number of aromatic carboxylic acids is 1. The number of aromatic nitrogens is 1. The SMILES string of the molecule is O=C(O)c1ccn(-c2cccc(O)c2)c(=O)c1. The second kappa shape index (κ2) is 4.13. The molecule has 0 saturated heterocycles. The molecule has 0 atom stereocenters. The standard InChI is InChI=1S/C12H9NO4/c14-10-3-1-2-9(7-10)13-5-4-8(12(16)17)6-11(13)15/h1-7,14H,(H,16,17). The Morgan fingerprint density at radius 2 is 1.94 bits per heavy atom. The second-order valence-electron chi connectivity index (χ2n) is 3.45. The van der Waals surface area contributed by atoms with E-state index in [0.717, 1.165) is 6.07 Å². The van der Waals surface area contributed by atoms with E-state index in [1.54, 1.807) is 12.1 Å². The van der Waals surface area contributed by atoms with Crippen molar-refractivity contribution >= 4 is 5.97 Å². The maximum atomic E-state index is 11.7. The molecular weight excluding hydrogens is 222 g/mol. The van der Waals surface area contributed by atoms with E-state index in [9.17, 15) is 14.7 Å². The second-order valence-corrected chi connectivity index (χ2v) is 3.45. The summed E-state index contributed by atoms with van der Waals surface area (Å²) in [6, 6.07) is 8.51. The Hall–Kier alpha value is -2.56. The number of rotatable bonds is 2. The average molecular weight is 231 g/mol. The number of nitrogens with zero attached hydrogens (tertiary/aromatic N) is 1. The Bertz CT molecular complexity index is 630. The highest BCUT2D eigenvalue weighted by Gasteiger charge is 2.06. The molecule has 86 valence electrons. The molecule has 1 heterocycles. The molecule has 0 aliphatic rings. The molecule has 0 unspecified atom stereocenters. The Kier molecular flexibility index (Phi) is 2.66. The average Bonchev–Trinajstić information content (AvgIpc) is 2.28. The van der Waals surface area contributed by atoms with Crippen molar-refractivity contribution in [2.45, 2.75) is 0 Å². The molecule has 5 nitrogen and oxygen atoms in total. The first kappa shape index (κ1) is 10.9. The predicted molar refractivity (Wildman–Crippen MR) is 60.7 cm³/mol. The van der Waals surface area contributed by atoms with Gasteiger partial charge in [-0.3, -0.25) is 9.36 Å². The van der Waals surface area contributed by atoms with Gasteiger partial charge in [0, 0.05) is 18.3 Å². The van der Waals surface area contributed by atoms with Crippen molar-refractivity contribution in [3.63, 3.8) is 0 Å². The van der Waals surface area contributed by atoms with Crippen LogP contribution < -0.4 is 5.56 Å². The largest absolute Gasteiger partial charge is 0.508 e. The van der Waals surface area contributed by atoms with Gasteiger partial charge in [-0.1, -0.05) is 6.07 Å². The summed E-state index contributed by atoms with van der Waals surface area (Å²) in [7, 11) is 0. The number of phenols is 1. The highest BCUT2D eigenvalue weighted by atomic mass is 16.4. The molecule has 2 N–H and O–H groups in total. The van der Waals surface area contributed by atoms with Crippen LogP contribution in [0.5, 0.6) is 5.75 Å². The van der Waals surface area contributed by atoms with E-state index in [1.807, 2.05) is 0 Å². The van der Waals surface area contributed by atoms with E-state index in [1.165, 1.54) is 29.0 Å². The molecule has 1 aromatic heterocycles. The van der Waals surface area contributed by atoms with Crippen LogP contribution in [0, 0.1) is 0 Å². The lowest BCUT2D eigenvalue weighted by atomic mass is 10.2. The van der Waals surface area contributed by atoms with Crippen molar-refractivity contribution in [3.8, 4) is 11.4 Å². The molecule has 5 heteroatoms. The van der Waals surface area contributed by atoms with Crippen molar-refractivity contribution in [2.75, 3.05) is 0 Å². The molecular formula is C12H9NO4. The summed E-state index contributed by atoms with van der Waals surface area (Å²) in [5, 5.41) is 18.0. The van der Waals surface area contributed by atoms with Gasteiger partial charge < -0.3 is 10.2 Å². The van der Waals surface area contributed by atoms with Gasteiger partial charge in [-0.15, -0.1) is 0 Å². The summed E-state index contributed by atoms with van der Waals surface area (Å²) in [6.45, 7) is 0. The minimum atomic E-state index is -1.15. The zero-order valence-electron chi connectivity index (χ0n) is 8.70. The molecule has 1 aromatic carbocycles. The lowest BCUT2D eigenvalue weighted by Crippen LogP contribution is -2.18. The van der Waals surface area contributed by atoms with Crippen LogP contribution in [-0.2, 0) is 0 Å². The van der Waals surface area contributed by atoms with Crippen molar-refractivity contribution in [1.29, 1.82) is 0 Å². The van der Waals surface area contributed by atoms with Gasteiger partial charge >= 0.3 is 5.97 Å². The van der Waals surface area contributed by atoms with E-state index >= 15 is 0 Å². The van der Waals surface area contributed by atoms with Gasteiger partial charge in [0.2, 0.25) is 0 Å². The van der Waals surface area contributed by atoms with Crippen LogP contribution in [-0.4, -0.2) is 20.7 Å². The van der Waals surface area contributed by atoms with E-state index < -0.39 is 11.5 Å². The zero-order chi connectivity index (χ0) is 12.4. The lowest BCUT2D eigenvalue weighted by Gasteiger charge is -2.05. The summed E-state index contributed by atoms with van der Waals surface area (Å²) in [6.07, 6.45) is 1.36. The molecule has 0 aliphatic heterocycles. The highest BCUT2D eigenvalue weighted by molar-refractivity contribution is 5.87. The van der Waals surface area contributed by atoms with Gasteiger partial charge in [0.1, 0.15) is 5.75 Å². The Morgan fingerprint density at radius 1 is 1.18 bits per heavy atom. The molecule has 0 radical (unpaired) electrons. The summed E-state index contributed by atoms with van der Waals surface area (Å²) < 4.78 is 1.26. The Morgan fingerprint density at radius 3 is 2.53 bits per heavy atom. The third-order valence-electron chi connectivity index (χ3n) is 2.27. The van der Waals surface area contributed by atoms with E-state index in [-0.39, 0.29) is 11.3 Å². The molecule has 0 saturated carbocycles. The maximum absolute atomic E-state index is 11.7. The molecule has 17 heavy (non-hydrogen) atoms. The summed E-state index contributed by atoms with van der Waals surface area (Å²) in [5.74, 6) is -1.11. The normalized spacial score (nSPS) is 10.1. The molecule has 0 bridgehead atoms. The first-order valence-corrected chi connectivity index (χ1v) is 4.83. The molecule has 0 aliphatic carbocycles. The van der Waals surface area contributed by atoms with Gasteiger partial charge in [-0.25, -0.2) is 4.79 Å². The quantitative estimate of drug-likeness (QED) is 0.814. The molecule has 0 spiro atoms. The van der Waals surface area contributed by atoms with Crippen LogP contribution in [0.3, 0.4) is 0 Å². The van der Waals surface area contributed by atoms with Crippen LogP contribution in [0.2, 0.25) is 0 Å². The predicted octanol–water partition coefficient (Wildman–Crippen LogP) is 1.24. The monoisotopic (exact) mass is 231 g/mol. The van der Waals surface area contributed by atoms with Crippen molar-refractivity contribution in [1.82, 2.24) is 4.57 Å². The summed E-state index contributed by atoms with van der Waals surface area (Å²) in [5.41, 5.74) is -0.0474. The van der Waals surface area contributed by atoms with Crippen LogP contribution >= 0.6 is 0 Å². The Balaban J connectivity index is 2.54. The fourth-order valence-corrected chi connectivity index (χ4v) is 1.47. The topological polar surface area (TPSA) is 79.5 Å². The minimum Gasteiger partial charge on any atom is -0.508 e. The number of hydrogen-bond acceptors (Lipinski definition) is 3. The smallest absolute Gasteiger partial charge is 0.335 e. The summed E-state index contributed by atoms with van der Waals surface area (Å²) in [4.78, 5) is 22.3. The number of benzene rings is 1. The lowest BCUT2D eigenvalue weighted by molar-refractivity contribution is 0.0696. The van der Waals surface area contributed by atoms with Gasteiger partial charge in [-0.05, 0) is 18.2 Å². The van der Waals surface area contributed by atoms with Crippen molar-refractivity contribution < 1.29 is 15.0 Å². The number of phenolic OH excluding ortho intramolecular Hbond substituents is 1. The number of aromatic hydroxyl groups is 1. The highest BCUT2D eigenvalue weighted by Crippen LogP contribution is 2.13. The third kappa shape index (κ3) is 2.17. The summed E-state index contributed by atoms with van der Waals surface area (Å²) >= 11 is 0. The fourth-order valence-electron chi connectivity index (χ4n) is 1.47. The van der Waals surface area contributed by atoms with Gasteiger partial charge in [0.05, 0.1) is 11.3 Å². The van der Waals surface area contributed by atoms with E-state index in [0.29, 0.717) is 5.69 Å². The van der Waals surface area contributed by atoms with E-state index in [2.05, 4.69) is 0 Å². The van der Waals surface area contributed by atoms with Crippen molar-refractivity contribution in [3.05, 3.63) is 58.5 Å². The molecule has 2 rings (SSSR count). The van der Waals surface area contributed by atoms with Gasteiger partial charge in [0.15, 0.2) is 0 Å². The van der Waals surface area contributed by atoms with Crippen LogP contribution in [0.25, 0.3) is 5.69 Å². The molecule has 0 fully saturated rings. The van der Waals surface area contributed by atoms with Crippen LogP contribution in [0.4, 0.5) is 0 Å². The fraction of sp³-hybridized carbons (Fsp3) is 0. The number of pyridine rings is 1. The third-order valence-corrected chi connectivity index (χ3v) is 2.27. The van der Waals surface area contributed by atoms with Crippen molar-refractivity contribution in [2.24, 2.45) is 0 Å². The Labute approximate surface area is 96.2 Å². The first-order chi connectivity index (χ1) is 8.08. The van der Waals surface area contributed by atoms with Crippen LogP contribution in [0.15, 0.2) is 47.4 Å². The van der Waals surface area contributed by atoms with Gasteiger partial charge in [-0.2, -0.15) is 0 Å². The zero-order valence-corrected chi connectivity index (χ0v) is 8.70. The van der Waals surface area contributed by atoms with Crippen LogP contribution in [0.1, 0.15) is 10.4 Å². The number of carbonyl (C=O) groups is 1. The number of hydrogen-bond donors (Lipinski definition) is 2. The number of carboxylic acid groups (broad SMARTS) is 1.